The van der Waals surface area contributed by atoms with E-state index in [4.69, 9.17) is 21.8 Å². The van der Waals surface area contributed by atoms with Gasteiger partial charge in [-0.25, -0.2) is 0 Å². The number of rotatable bonds is 10. The van der Waals surface area contributed by atoms with Gasteiger partial charge in [0.1, 0.15) is 0 Å². The Balaban J connectivity index is 0.000000473. The minimum atomic E-state index is -0.826. The molecule has 4 radical (unpaired) electrons. The average Bonchev–Trinajstić information content (AvgIpc) is 3.66. The van der Waals surface area contributed by atoms with Crippen molar-refractivity contribution in [3.05, 3.63) is 147 Å². The van der Waals surface area contributed by atoms with Crippen LogP contribution < -0.4 is 0 Å². The fourth-order valence-electron chi connectivity index (χ4n) is 6.32. The second-order valence-electron chi connectivity index (χ2n) is 13.8. The summed E-state index contributed by atoms with van der Waals surface area (Å²) in [5.74, 6) is 0.584. The summed E-state index contributed by atoms with van der Waals surface area (Å²) in [6.07, 6.45) is 6.09. The molecule has 0 amide bonds. The van der Waals surface area contributed by atoms with Crippen molar-refractivity contribution >= 4 is 49.5 Å². The van der Waals surface area contributed by atoms with Crippen molar-refractivity contribution < 1.29 is 25.6 Å². The standard InChI is InChI=1S/C26H33O.C18H17.2CH3.2ClH.Si.Zr/c1-20-19-22-15-12-17-24(21-13-8-7-9-14-21)25(22)23(20)16-10-5-6-11-18-27-26(2,3)4;1-13(2)16-11-15-9-6-10-17(18(15)12-16)14-7-4-3-5-8-14;;;;;;/h7-9,12-15,17,19H,5-6,10-11,16,18H2,1-4H3;3-13H,1-2H3;2*1H3;2*1H;;/q4*-1;;;;+2/p-2. The van der Waals surface area contributed by atoms with Gasteiger partial charge in [0, 0.05) is 17.6 Å². The first kappa shape index (κ1) is 46.8. The van der Waals surface area contributed by atoms with Crippen LogP contribution in [0, 0.1) is 21.8 Å². The van der Waals surface area contributed by atoms with Crippen LogP contribution in [0.15, 0.2) is 115 Å². The van der Waals surface area contributed by atoms with Gasteiger partial charge in [-0.05, 0) is 44.2 Å². The van der Waals surface area contributed by atoms with Gasteiger partial charge in [-0.1, -0.05) is 130 Å². The van der Waals surface area contributed by atoms with Gasteiger partial charge in [0.2, 0.25) is 0 Å². The molecule has 0 heterocycles. The predicted octanol–water partition coefficient (Wildman–Crippen LogP) is 14.7. The second-order valence-corrected chi connectivity index (χ2v) is 17.5. The third-order valence-electron chi connectivity index (χ3n) is 8.71. The molecule has 0 aliphatic heterocycles. The summed E-state index contributed by atoms with van der Waals surface area (Å²) in [7, 11) is 9.87. The molecule has 6 aromatic rings. The van der Waals surface area contributed by atoms with E-state index < -0.39 is 20.8 Å². The quantitative estimate of drug-likeness (QED) is 0.0760. The summed E-state index contributed by atoms with van der Waals surface area (Å²) in [5, 5.41) is 5.55. The monoisotopic (exact) mass is 812 g/mol. The number of hydrogen-bond acceptors (Lipinski definition) is 1. The van der Waals surface area contributed by atoms with Gasteiger partial charge >= 0.3 is 37.9 Å². The topological polar surface area (TPSA) is 9.23 Å². The molecule has 6 rings (SSSR count). The van der Waals surface area contributed by atoms with Crippen molar-refractivity contribution in [3.8, 4) is 22.3 Å². The smallest absolute Gasteiger partial charge is 0 e. The van der Waals surface area contributed by atoms with Gasteiger partial charge in [0.15, 0.2) is 0 Å². The van der Waals surface area contributed by atoms with Gasteiger partial charge in [0.05, 0.1) is 5.60 Å². The van der Waals surface area contributed by atoms with Crippen molar-refractivity contribution in [2.24, 2.45) is 0 Å². The first-order valence-corrected chi connectivity index (χ1v) is 23.5. The molecule has 5 heteroatoms. The van der Waals surface area contributed by atoms with Crippen LogP contribution in [-0.4, -0.2) is 23.2 Å². The summed E-state index contributed by atoms with van der Waals surface area (Å²) in [6.45, 7) is 14.0. The van der Waals surface area contributed by atoms with Gasteiger partial charge in [-0.3, -0.25) is 0 Å². The molecule has 51 heavy (non-hydrogen) atoms. The molecule has 0 atom stereocenters. The number of ether oxygens (including phenoxy) is 1. The largest absolute Gasteiger partial charge is 0 e. The molecule has 0 aliphatic carbocycles. The van der Waals surface area contributed by atoms with Crippen molar-refractivity contribution in [1.82, 2.24) is 0 Å². The van der Waals surface area contributed by atoms with E-state index in [1.165, 1.54) is 86.2 Å². The van der Waals surface area contributed by atoms with E-state index in [1.54, 1.807) is 0 Å². The molecule has 6 aromatic carbocycles. The molecule has 0 unspecified atom stereocenters. The molecule has 0 saturated carbocycles. The van der Waals surface area contributed by atoms with Crippen LogP contribution in [0.5, 0.6) is 0 Å². The zero-order chi connectivity index (χ0) is 34.5. The summed E-state index contributed by atoms with van der Waals surface area (Å²) in [6, 6.07) is 41.7. The molecule has 272 valence electrons. The van der Waals surface area contributed by atoms with E-state index in [2.05, 4.69) is 157 Å². The van der Waals surface area contributed by atoms with Crippen molar-refractivity contribution in [1.29, 1.82) is 0 Å². The number of unbranched alkanes of at least 4 members (excludes halogenated alkanes) is 3. The fraction of sp³-hybridized carbons (Fsp3) is 0.304. The maximum Gasteiger partial charge on any atom is 0 e. The van der Waals surface area contributed by atoms with Gasteiger partial charge in [-0.15, -0.1) is 74.6 Å². The maximum absolute atomic E-state index is 5.82. The second kappa shape index (κ2) is 23.4. The van der Waals surface area contributed by atoms with E-state index in [0.29, 0.717) is 5.92 Å². The third kappa shape index (κ3) is 13.9. The van der Waals surface area contributed by atoms with Crippen LogP contribution in [0.3, 0.4) is 0 Å². The van der Waals surface area contributed by atoms with Gasteiger partial charge in [-0.2, -0.15) is 6.07 Å². The SMILES string of the molecule is CC(C)c1cc2c(-c3ccccc3)cccc2[cH-]1.Cc1[cH-]c2cccc(-c3ccccc3)c2c1CCCCCCOC(C)(C)C.[CH3-].[CH3-].[Cl][Zr][Cl].[Si]. The van der Waals surface area contributed by atoms with Crippen molar-refractivity contribution in [3.63, 3.8) is 0 Å². The Morgan fingerprint density at radius 2 is 1.22 bits per heavy atom. The van der Waals surface area contributed by atoms with Gasteiger partial charge < -0.3 is 19.6 Å². The van der Waals surface area contributed by atoms with Crippen LogP contribution in [0.4, 0.5) is 0 Å². The molecule has 0 aromatic heterocycles. The summed E-state index contributed by atoms with van der Waals surface area (Å²) < 4.78 is 5.82. The van der Waals surface area contributed by atoms with Crippen LogP contribution in [0.1, 0.15) is 82.9 Å². The van der Waals surface area contributed by atoms with E-state index in [1.807, 2.05) is 0 Å². The Labute approximate surface area is 333 Å². The number of benzene rings is 4. The van der Waals surface area contributed by atoms with Crippen LogP contribution >= 0.6 is 17.0 Å². The minimum absolute atomic E-state index is 0. The fourth-order valence-corrected chi connectivity index (χ4v) is 6.32. The third-order valence-corrected chi connectivity index (χ3v) is 8.71. The Morgan fingerprint density at radius 3 is 1.78 bits per heavy atom. The zero-order valence-corrected chi connectivity index (χ0v) is 36.9. The number of halogens is 2. The van der Waals surface area contributed by atoms with Gasteiger partial charge in [0.25, 0.3) is 0 Å². The zero-order valence-electron chi connectivity index (χ0n) is 32.0. The Bertz CT molecular complexity index is 1820. The molecule has 0 aliphatic rings. The summed E-state index contributed by atoms with van der Waals surface area (Å²) in [5.41, 5.74) is 9.69. The number of hydrogen-bond donors (Lipinski definition) is 0. The molecule has 0 spiro atoms. The van der Waals surface area contributed by atoms with E-state index in [9.17, 15) is 0 Å². The predicted molar refractivity (Wildman–Crippen MR) is 227 cm³/mol. The van der Waals surface area contributed by atoms with Crippen LogP contribution in [0.2, 0.25) is 0 Å². The minimum Gasteiger partial charge on any atom is 0 e. The Kier molecular flexibility index (Phi) is 21.5. The Hall–Kier alpha value is -2.26. The molecule has 1 nitrogen and oxygen atoms in total. The number of aryl methyl sites for hydroxylation is 2. The van der Waals surface area contributed by atoms with Crippen LogP contribution in [0.25, 0.3) is 43.8 Å². The molecule has 0 fully saturated rings. The average molecular weight is 815 g/mol. The van der Waals surface area contributed by atoms with E-state index in [0.717, 1.165) is 13.0 Å². The summed E-state index contributed by atoms with van der Waals surface area (Å²) >= 11 is -0.826. The Morgan fingerprint density at radius 1 is 0.686 bits per heavy atom. The summed E-state index contributed by atoms with van der Waals surface area (Å²) in [4.78, 5) is 0. The molecular weight excluding hydrogens is 759 g/mol. The van der Waals surface area contributed by atoms with Crippen molar-refractivity contribution in [2.45, 2.75) is 85.2 Å². The van der Waals surface area contributed by atoms with E-state index >= 15 is 0 Å². The first-order chi connectivity index (χ1) is 23.1. The molecule has 0 saturated heterocycles. The molecule has 0 bridgehead atoms. The molecule has 0 N–H and O–H groups in total. The van der Waals surface area contributed by atoms with Crippen molar-refractivity contribution in [2.75, 3.05) is 6.61 Å². The first-order valence-electron chi connectivity index (χ1n) is 17.2. The normalized spacial score (nSPS) is 10.6. The number of fused-ring (bicyclic) bond motifs is 2. The van der Waals surface area contributed by atoms with E-state index in [-0.39, 0.29) is 31.4 Å². The maximum atomic E-state index is 5.82. The van der Waals surface area contributed by atoms with Crippen LogP contribution in [-0.2, 0) is 32.0 Å². The molecular formula is C46H56Cl2OSiZr-4.